The number of benzene rings is 3. The monoisotopic (exact) mass is 485 g/mol. The van der Waals surface area contributed by atoms with Crippen molar-refractivity contribution in [3.63, 3.8) is 0 Å². The van der Waals surface area contributed by atoms with E-state index in [1.165, 1.54) is 31.2 Å². The lowest BCUT2D eigenvalue weighted by Crippen LogP contribution is -2.21. The van der Waals surface area contributed by atoms with Gasteiger partial charge in [-0.3, -0.25) is 9.59 Å². The van der Waals surface area contributed by atoms with Crippen molar-refractivity contribution >= 4 is 40.4 Å². The van der Waals surface area contributed by atoms with Gasteiger partial charge in [0.1, 0.15) is 5.70 Å². The van der Waals surface area contributed by atoms with Crippen molar-refractivity contribution in [2.24, 2.45) is 10.7 Å². The van der Waals surface area contributed by atoms with E-state index in [1.807, 2.05) is 0 Å². The van der Waals surface area contributed by atoms with Crippen LogP contribution in [0.4, 0.5) is 24.5 Å². The third-order valence-corrected chi connectivity index (χ3v) is 5.03. The van der Waals surface area contributed by atoms with Gasteiger partial charge in [0.2, 0.25) is 0 Å². The van der Waals surface area contributed by atoms with Crippen LogP contribution < -0.4 is 11.1 Å². The summed E-state index contributed by atoms with van der Waals surface area (Å²) in [6, 6.07) is 18.7. The molecular formula is C25H19ClF3N3O2. The molecule has 34 heavy (non-hydrogen) atoms. The summed E-state index contributed by atoms with van der Waals surface area (Å²) in [5.41, 5.74) is 5.27. The van der Waals surface area contributed by atoms with E-state index >= 15 is 0 Å². The highest BCUT2D eigenvalue weighted by molar-refractivity contribution is 6.33. The second-order valence-corrected chi connectivity index (χ2v) is 7.59. The summed E-state index contributed by atoms with van der Waals surface area (Å²) in [6.07, 6.45) is -4.04. The molecule has 3 rings (SSSR count). The number of hydrogen-bond donors (Lipinski definition) is 2. The van der Waals surface area contributed by atoms with E-state index in [2.05, 4.69) is 10.3 Å². The van der Waals surface area contributed by atoms with E-state index in [0.29, 0.717) is 17.3 Å². The molecule has 0 saturated heterocycles. The van der Waals surface area contributed by atoms with E-state index in [9.17, 15) is 22.8 Å². The number of nitrogens with zero attached hydrogens (tertiary/aromatic N) is 1. The number of nitrogens with one attached hydrogen (secondary N) is 1. The first kappa shape index (κ1) is 24.7. The van der Waals surface area contributed by atoms with Gasteiger partial charge in [-0.1, -0.05) is 48.0 Å². The number of carbonyl (C=O) groups is 2. The van der Waals surface area contributed by atoms with Crippen molar-refractivity contribution in [1.82, 2.24) is 0 Å². The van der Waals surface area contributed by atoms with Crippen LogP contribution >= 0.6 is 11.6 Å². The highest BCUT2D eigenvalue weighted by Crippen LogP contribution is 2.27. The lowest BCUT2D eigenvalue weighted by atomic mass is 10.0. The number of para-hydroxylation sites is 2. The second kappa shape index (κ2) is 10.4. The smallest absolute Gasteiger partial charge is 0.395 e. The SMILES string of the molecule is CC(=O)c1ccccc1NC(=O)c1ccc(C(C=C(N)C(F)(F)F)=Nc2ccccc2Cl)cc1. The largest absolute Gasteiger partial charge is 0.430 e. The zero-order valence-corrected chi connectivity index (χ0v) is 18.6. The number of nitrogens with two attached hydrogens (primary N) is 1. The Morgan fingerprint density at radius 1 is 0.941 bits per heavy atom. The van der Waals surface area contributed by atoms with Crippen LogP contribution in [0.3, 0.4) is 0 Å². The van der Waals surface area contributed by atoms with Crippen molar-refractivity contribution in [3.8, 4) is 0 Å². The standard InChI is InChI=1S/C25H19ClF3N3O2/c1-15(33)18-6-2-4-8-20(18)32-24(34)17-12-10-16(11-13-17)22(14-23(30)25(27,28)29)31-21-9-5-3-7-19(21)26/h2-14H,30H2,1H3,(H,32,34). The van der Waals surface area contributed by atoms with Crippen LogP contribution in [0.15, 0.2) is 89.6 Å². The Balaban J connectivity index is 1.95. The molecule has 0 unspecified atom stereocenters. The molecule has 174 valence electrons. The third kappa shape index (κ3) is 6.11. The van der Waals surface area contributed by atoms with Crippen molar-refractivity contribution in [1.29, 1.82) is 0 Å². The first-order valence-electron chi connectivity index (χ1n) is 9.95. The number of amides is 1. The Hall–Kier alpha value is -3.91. The maximum absolute atomic E-state index is 13.1. The van der Waals surface area contributed by atoms with Crippen LogP contribution in [0, 0.1) is 0 Å². The van der Waals surface area contributed by atoms with Crippen LogP contribution in [-0.2, 0) is 0 Å². The number of aliphatic imine (C=N–C) groups is 1. The molecule has 0 radical (unpaired) electrons. The Morgan fingerprint density at radius 2 is 1.53 bits per heavy atom. The fourth-order valence-corrected chi connectivity index (χ4v) is 3.15. The van der Waals surface area contributed by atoms with Crippen LogP contribution in [0.1, 0.15) is 33.2 Å². The van der Waals surface area contributed by atoms with Crippen LogP contribution in [0.2, 0.25) is 5.02 Å². The van der Waals surface area contributed by atoms with Crippen LogP contribution in [0.5, 0.6) is 0 Å². The minimum absolute atomic E-state index is 0.0863. The summed E-state index contributed by atoms with van der Waals surface area (Å²) < 4.78 is 39.2. The quantitative estimate of drug-likeness (QED) is 0.316. The van der Waals surface area contributed by atoms with Gasteiger partial charge in [-0.15, -0.1) is 0 Å². The molecule has 3 aromatic carbocycles. The fourth-order valence-electron chi connectivity index (χ4n) is 2.97. The Kier molecular flexibility index (Phi) is 7.53. The molecule has 3 aromatic rings. The van der Waals surface area contributed by atoms with Crippen LogP contribution in [-0.4, -0.2) is 23.6 Å². The number of hydrogen-bond acceptors (Lipinski definition) is 4. The number of anilines is 1. The zero-order valence-electron chi connectivity index (χ0n) is 17.9. The van der Waals surface area contributed by atoms with Gasteiger partial charge in [0.15, 0.2) is 5.78 Å². The summed E-state index contributed by atoms with van der Waals surface area (Å²) in [5, 5.41) is 2.92. The molecule has 0 fully saturated rings. The molecule has 0 heterocycles. The molecule has 0 aliphatic carbocycles. The summed E-state index contributed by atoms with van der Waals surface area (Å²) >= 11 is 6.10. The maximum atomic E-state index is 13.1. The minimum atomic E-state index is -4.74. The van der Waals surface area contributed by atoms with E-state index < -0.39 is 17.8 Å². The first-order valence-corrected chi connectivity index (χ1v) is 10.3. The number of halogens is 4. The van der Waals surface area contributed by atoms with Crippen molar-refractivity contribution in [2.45, 2.75) is 13.1 Å². The average molecular weight is 486 g/mol. The first-order chi connectivity index (χ1) is 16.1. The summed E-state index contributed by atoms with van der Waals surface area (Å²) in [4.78, 5) is 28.7. The number of carbonyl (C=O) groups excluding carboxylic acids is 2. The predicted molar refractivity (Wildman–Crippen MR) is 127 cm³/mol. The van der Waals surface area contributed by atoms with E-state index in [0.717, 1.165) is 0 Å². The summed E-state index contributed by atoms with van der Waals surface area (Å²) in [7, 11) is 0. The van der Waals surface area contributed by atoms with E-state index in [-0.39, 0.29) is 33.3 Å². The van der Waals surface area contributed by atoms with Gasteiger partial charge in [-0.25, -0.2) is 4.99 Å². The lowest BCUT2D eigenvalue weighted by molar-refractivity contribution is -0.0925. The average Bonchev–Trinajstić information content (AvgIpc) is 2.79. The molecule has 5 nitrogen and oxygen atoms in total. The number of allylic oxidation sites excluding steroid dienone is 2. The number of rotatable bonds is 6. The molecule has 1 amide bonds. The van der Waals surface area contributed by atoms with Gasteiger partial charge < -0.3 is 11.1 Å². The zero-order chi connectivity index (χ0) is 24.9. The summed E-state index contributed by atoms with van der Waals surface area (Å²) in [6.45, 7) is 1.39. The number of alkyl halides is 3. The van der Waals surface area contributed by atoms with Gasteiger partial charge in [-0.05, 0) is 49.4 Å². The minimum Gasteiger partial charge on any atom is -0.395 e. The molecule has 3 N–H and O–H groups in total. The highest BCUT2D eigenvalue weighted by atomic mass is 35.5. The molecule has 0 bridgehead atoms. The van der Waals surface area contributed by atoms with Gasteiger partial charge in [0.25, 0.3) is 5.91 Å². The molecule has 0 aromatic heterocycles. The fraction of sp³-hybridized carbons (Fsp3) is 0.0800. The molecule has 0 aliphatic heterocycles. The van der Waals surface area contributed by atoms with Gasteiger partial charge >= 0.3 is 6.18 Å². The second-order valence-electron chi connectivity index (χ2n) is 7.18. The highest BCUT2D eigenvalue weighted by Gasteiger charge is 2.31. The molecule has 0 atom stereocenters. The molecule has 0 spiro atoms. The van der Waals surface area contributed by atoms with Crippen molar-refractivity contribution in [2.75, 3.05) is 5.32 Å². The Labute approximate surface area is 198 Å². The van der Waals surface area contributed by atoms with E-state index in [4.69, 9.17) is 17.3 Å². The van der Waals surface area contributed by atoms with Crippen molar-refractivity contribution < 1.29 is 22.8 Å². The maximum Gasteiger partial charge on any atom is 0.430 e. The number of ketones is 1. The molecule has 0 aliphatic rings. The predicted octanol–water partition coefficient (Wildman–Crippen LogP) is 6.32. The molecule has 0 saturated carbocycles. The van der Waals surface area contributed by atoms with Gasteiger partial charge in [0.05, 0.1) is 22.1 Å². The Bertz CT molecular complexity index is 1280. The molecule has 9 heteroatoms. The number of Topliss-reactive ketones (excluding diaryl/α,β-unsaturated/α-hetero) is 1. The molecular weight excluding hydrogens is 467 g/mol. The summed E-state index contributed by atoms with van der Waals surface area (Å²) in [5.74, 6) is -0.698. The normalized spacial score (nSPS) is 12.4. The van der Waals surface area contributed by atoms with Crippen LogP contribution in [0.25, 0.3) is 0 Å². The van der Waals surface area contributed by atoms with Gasteiger partial charge in [-0.2, -0.15) is 13.2 Å². The van der Waals surface area contributed by atoms with Gasteiger partial charge in [0, 0.05) is 16.7 Å². The topological polar surface area (TPSA) is 84.5 Å². The van der Waals surface area contributed by atoms with Crippen molar-refractivity contribution in [3.05, 3.63) is 106 Å². The Morgan fingerprint density at radius 3 is 2.15 bits per heavy atom. The third-order valence-electron chi connectivity index (χ3n) is 4.71. The lowest BCUT2D eigenvalue weighted by Gasteiger charge is -2.11. The van der Waals surface area contributed by atoms with E-state index in [1.54, 1.807) is 48.5 Å².